The summed E-state index contributed by atoms with van der Waals surface area (Å²) in [5.41, 5.74) is 3.07. The van der Waals surface area contributed by atoms with E-state index in [4.69, 9.17) is 14.2 Å². The number of amides is 1. The van der Waals surface area contributed by atoms with E-state index in [1.807, 2.05) is 55.4 Å². The number of nitrogens with zero attached hydrogens (tertiary/aromatic N) is 3. The lowest BCUT2D eigenvalue weighted by molar-refractivity contribution is -0.117. The number of hydrogen-bond acceptors (Lipinski definition) is 6. The zero-order valence-electron chi connectivity index (χ0n) is 17.6. The maximum Gasteiger partial charge on any atom is 0.248 e. The fourth-order valence-corrected chi connectivity index (χ4v) is 3.41. The molecule has 0 atom stereocenters. The summed E-state index contributed by atoms with van der Waals surface area (Å²) < 4.78 is 16.9. The molecule has 1 aliphatic rings. The van der Waals surface area contributed by atoms with Gasteiger partial charge in [-0.25, -0.2) is 0 Å². The van der Waals surface area contributed by atoms with E-state index in [0.717, 1.165) is 16.8 Å². The van der Waals surface area contributed by atoms with Crippen molar-refractivity contribution in [3.63, 3.8) is 0 Å². The van der Waals surface area contributed by atoms with Gasteiger partial charge in [-0.05, 0) is 20.2 Å². The highest BCUT2D eigenvalue weighted by atomic mass is 16.5. The second kappa shape index (κ2) is 8.96. The Morgan fingerprint density at radius 3 is 2.31 bits per heavy atom. The van der Waals surface area contributed by atoms with E-state index in [-0.39, 0.29) is 12.5 Å². The van der Waals surface area contributed by atoms with Gasteiger partial charge in [0.1, 0.15) is 6.54 Å². The smallest absolute Gasteiger partial charge is 0.248 e. The van der Waals surface area contributed by atoms with Crippen molar-refractivity contribution in [1.29, 1.82) is 0 Å². The zero-order chi connectivity index (χ0) is 21.0. The van der Waals surface area contributed by atoms with E-state index in [9.17, 15) is 4.79 Å². The van der Waals surface area contributed by atoms with Crippen LogP contribution in [0.15, 0.2) is 41.4 Å². The minimum Gasteiger partial charge on any atom is -0.493 e. The van der Waals surface area contributed by atoms with E-state index < -0.39 is 0 Å². The first-order valence-corrected chi connectivity index (χ1v) is 9.40. The molecule has 29 heavy (non-hydrogen) atoms. The largest absolute Gasteiger partial charge is 0.493 e. The van der Waals surface area contributed by atoms with Crippen molar-refractivity contribution in [1.82, 2.24) is 4.90 Å². The van der Waals surface area contributed by atoms with Crippen LogP contribution in [0, 0.1) is 0 Å². The highest BCUT2D eigenvalue weighted by Crippen LogP contribution is 2.48. The summed E-state index contributed by atoms with van der Waals surface area (Å²) in [5.74, 6) is 1.34. The number of rotatable bonds is 7. The molecule has 3 rings (SSSR count). The fraction of sp³-hybridized carbons (Fsp3) is 0.364. The lowest BCUT2D eigenvalue weighted by Crippen LogP contribution is -2.38. The molecule has 0 saturated carbocycles. The first kappa shape index (κ1) is 20.7. The standard InChI is InChI=1S/C22H27N3O4/c1-24(2)11-12-25-18(26)14-23-19(15-9-7-6-8-10-15)16-13-17(27-3)21(28-4)22(29-5)20(16)25/h6-10,13H,11-12,14H2,1-5H3. The third-order valence-electron chi connectivity index (χ3n) is 4.82. The van der Waals surface area contributed by atoms with Gasteiger partial charge in [0.05, 0.1) is 32.7 Å². The predicted molar refractivity (Wildman–Crippen MR) is 114 cm³/mol. The third-order valence-corrected chi connectivity index (χ3v) is 4.82. The first-order valence-electron chi connectivity index (χ1n) is 9.40. The molecule has 2 aromatic carbocycles. The Hall–Kier alpha value is -3.06. The molecule has 0 bridgehead atoms. The van der Waals surface area contributed by atoms with E-state index in [1.165, 1.54) is 0 Å². The molecular weight excluding hydrogens is 370 g/mol. The topological polar surface area (TPSA) is 63.6 Å². The van der Waals surface area contributed by atoms with Gasteiger partial charge in [0, 0.05) is 24.2 Å². The molecule has 0 saturated heterocycles. The number of fused-ring (bicyclic) bond motifs is 1. The van der Waals surface area contributed by atoms with Crippen LogP contribution in [0.25, 0.3) is 0 Å². The van der Waals surface area contributed by atoms with Gasteiger partial charge in [-0.15, -0.1) is 0 Å². The number of ether oxygens (including phenoxy) is 3. The van der Waals surface area contributed by atoms with Gasteiger partial charge in [-0.1, -0.05) is 30.3 Å². The Kier molecular flexibility index (Phi) is 6.39. The maximum atomic E-state index is 13.1. The summed E-state index contributed by atoms with van der Waals surface area (Å²) >= 11 is 0. The third kappa shape index (κ3) is 4.05. The SMILES string of the molecule is COc1cc2c(c(OC)c1OC)N(CCN(C)C)C(=O)CN=C2c1ccccc1. The van der Waals surface area contributed by atoms with Crippen molar-refractivity contribution >= 4 is 17.3 Å². The molecular formula is C22H27N3O4. The molecule has 0 unspecified atom stereocenters. The second-order valence-electron chi connectivity index (χ2n) is 6.92. The lowest BCUT2D eigenvalue weighted by Gasteiger charge is -2.28. The van der Waals surface area contributed by atoms with Crippen molar-refractivity contribution in [2.45, 2.75) is 0 Å². The summed E-state index contributed by atoms with van der Waals surface area (Å²) in [7, 11) is 8.65. The molecule has 0 fully saturated rings. The minimum absolute atomic E-state index is 0.0557. The molecule has 2 aromatic rings. The Morgan fingerprint density at radius 2 is 1.72 bits per heavy atom. The van der Waals surface area contributed by atoms with Crippen LogP contribution < -0.4 is 19.1 Å². The van der Waals surface area contributed by atoms with Crippen molar-refractivity contribution in [2.75, 3.05) is 60.0 Å². The predicted octanol–water partition coefficient (Wildman–Crippen LogP) is 2.46. The molecule has 0 N–H and O–H groups in total. The van der Waals surface area contributed by atoms with Gasteiger partial charge < -0.3 is 24.0 Å². The minimum atomic E-state index is -0.0930. The molecule has 0 aromatic heterocycles. The van der Waals surface area contributed by atoms with Crippen LogP contribution >= 0.6 is 0 Å². The summed E-state index contributed by atoms with van der Waals surface area (Å²) in [6, 6.07) is 11.7. The van der Waals surface area contributed by atoms with Crippen molar-refractivity contribution in [2.24, 2.45) is 4.99 Å². The second-order valence-corrected chi connectivity index (χ2v) is 6.92. The Labute approximate surface area is 171 Å². The van der Waals surface area contributed by atoms with Crippen molar-refractivity contribution in [3.8, 4) is 17.2 Å². The number of carbonyl (C=O) groups excluding carboxylic acids is 1. The normalized spacial score (nSPS) is 13.7. The molecule has 7 nitrogen and oxygen atoms in total. The number of benzene rings is 2. The number of hydrogen-bond donors (Lipinski definition) is 0. The van der Waals surface area contributed by atoms with Crippen molar-refractivity contribution in [3.05, 3.63) is 47.5 Å². The highest BCUT2D eigenvalue weighted by molar-refractivity contribution is 6.21. The fourth-order valence-electron chi connectivity index (χ4n) is 3.41. The van der Waals surface area contributed by atoms with Crippen LogP contribution in [0.3, 0.4) is 0 Å². The Morgan fingerprint density at radius 1 is 1.03 bits per heavy atom. The van der Waals surface area contributed by atoms with Crippen LogP contribution in [-0.2, 0) is 4.79 Å². The average Bonchev–Trinajstić information content (AvgIpc) is 2.87. The number of likely N-dealkylation sites (N-methyl/N-ethyl adjacent to an activating group) is 1. The summed E-state index contributed by atoms with van der Waals surface area (Å²) in [4.78, 5) is 21.5. The molecule has 7 heteroatoms. The summed E-state index contributed by atoms with van der Waals surface area (Å²) in [6.07, 6.45) is 0. The van der Waals surface area contributed by atoms with Crippen LogP contribution in [-0.4, -0.2) is 71.6 Å². The molecule has 0 radical (unpaired) electrons. The molecule has 1 aliphatic heterocycles. The number of benzodiazepines with no additional fused rings is 1. The lowest BCUT2D eigenvalue weighted by atomic mass is 9.98. The average molecular weight is 397 g/mol. The van der Waals surface area contributed by atoms with Gasteiger partial charge in [0.2, 0.25) is 11.7 Å². The van der Waals surface area contributed by atoms with Crippen LogP contribution in [0.5, 0.6) is 17.2 Å². The number of carbonyl (C=O) groups is 1. The molecule has 0 spiro atoms. The van der Waals surface area contributed by atoms with E-state index in [0.29, 0.717) is 36.0 Å². The number of methoxy groups -OCH3 is 3. The van der Waals surface area contributed by atoms with Gasteiger partial charge in [0.25, 0.3) is 0 Å². The van der Waals surface area contributed by atoms with Gasteiger partial charge in [-0.2, -0.15) is 0 Å². The maximum absolute atomic E-state index is 13.1. The zero-order valence-corrected chi connectivity index (χ0v) is 17.6. The molecule has 0 aliphatic carbocycles. The van der Waals surface area contributed by atoms with Crippen LogP contribution in [0.1, 0.15) is 11.1 Å². The van der Waals surface area contributed by atoms with Crippen LogP contribution in [0.4, 0.5) is 5.69 Å². The van der Waals surface area contributed by atoms with E-state index in [1.54, 1.807) is 26.2 Å². The summed E-state index contributed by atoms with van der Waals surface area (Å²) in [6.45, 7) is 1.26. The van der Waals surface area contributed by atoms with E-state index >= 15 is 0 Å². The van der Waals surface area contributed by atoms with E-state index in [2.05, 4.69) is 4.99 Å². The number of anilines is 1. The monoisotopic (exact) mass is 397 g/mol. The van der Waals surface area contributed by atoms with Gasteiger partial charge >= 0.3 is 0 Å². The Bertz CT molecular complexity index is 910. The molecule has 154 valence electrons. The highest BCUT2D eigenvalue weighted by Gasteiger charge is 2.32. The summed E-state index contributed by atoms with van der Waals surface area (Å²) in [5, 5.41) is 0. The Balaban J connectivity index is 2.30. The molecule has 1 amide bonds. The first-order chi connectivity index (χ1) is 14.0. The van der Waals surface area contributed by atoms with Gasteiger partial charge in [0.15, 0.2) is 11.5 Å². The quantitative estimate of drug-likeness (QED) is 0.718. The van der Waals surface area contributed by atoms with Crippen LogP contribution in [0.2, 0.25) is 0 Å². The van der Waals surface area contributed by atoms with Gasteiger partial charge in [-0.3, -0.25) is 9.79 Å². The van der Waals surface area contributed by atoms with Crippen molar-refractivity contribution < 1.29 is 19.0 Å². The number of aliphatic imine (C=N–C) groups is 1. The molecule has 1 heterocycles.